The van der Waals surface area contributed by atoms with E-state index in [0.717, 1.165) is 5.56 Å². The van der Waals surface area contributed by atoms with Crippen LogP contribution in [0.3, 0.4) is 0 Å². The molecule has 0 amide bonds. The first-order valence-electron chi connectivity index (χ1n) is 5.07. The van der Waals surface area contributed by atoms with Crippen LogP contribution in [0.2, 0.25) is 0 Å². The standard InChI is InChI=1S/C10H13FN2O2S/c11-10-3-1-9(2-4-10)5-6-12-16(14,15)13-7-8-13/h1-4,12H,5-8H2. The maximum atomic E-state index is 12.6. The molecular formula is C10H13FN2O2S. The molecule has 1 heterocycles. The van der Waals surface area contributed by atoms with Crippen molar-refractivity contribution in [2.45, 2.75) is 6.42 Å². The summed E-state index contributed by atoms with van der Waals surface area (Å²) < 4.78 is 39.2. The first kappa shape index (κ1) is 11.5. The maximum Gasteiger partial charge on any atom is 0.279 e. The van der Waals surface area contributed by atoms with Gasteiger partial charge < -0.3 is 0 Å². The van der Waals surface area contributed by atoms with Crippen LogP contribution in [-0.4, -0.2) is 32.4 Å². The Bertz CT molecular complexity index is 454. The highest BCUT2D eigenvalue weighted by atomic mass is 32.2. The van der Waals surface area contributed by atoms with Crippen molar-refractivity contribution in [3.8, 4) is 0 Å². The summed E-state index contributed by atoms with van der Waals surface area (Å²) >= 11 is 0. The van der Waals surface area contributed by atoms with Crippen LogP contribution in [0, 0.1) is 5.82 Å². The van der Waals surface area contributed by atoms with E-state index in [1.54, 1.807) is 12.1 Å². The number of benzene rings is 1. The molecule has 0 spiro atoms. The SMILES string of the molecule is O=S(=O)(NCCc1ccc(F)cc1)N1CC1. The summed E-state index contributed by atoms with van der Waals surface area (Å²) in [4.78, 5) is 0. The number of hydrogen-bond acceptors (Lipinski definition) is 2. The van der Waals surface area contributed by atoms with Gasteiger partial charge in [-0.25, -0.2) is 9.11 Å². The Labute approximate surface area is 94.3 Å². The third-order valence-corrected chi connectivity index (χ3v) is 3.97. The minimum absolute atomic E-state index is 0.284. The highest BCUT2D eigenvalue weighted by Gasteiger charge is 2.30. The number of hydrogen-bond donors (Lipinski definition) is 1. The highest BCUT2D eigenvalue weighted by Crippen LogP contribution is 2.09. The van der Waals surface area contributed by atoms with E-state index < -0.39 is 10.2 Å². The smallest absolute Gasteiger partial charge is 0.207 e. The molecule has 1 aliphatic rings. The van der Waals surface area contributed by atoms with Crippen molar-refractivity contribution >= 4 is 10.2 Å². The zero-order valence-electron chi connectivity index (χ0n) is 8.69. The van der Waals surface area contributed by atoms with E-state index in [1.807, 2.05) is 0 Å². The van der Waals surface area contributed by atoms with Crippen LogP contribution >= 0.6 is 0 Å². The van der Waals surface area contributed by atoms with Gasteiger partial charge in [0.15, 0.2) is 0 Å². The van der Waals surface area contributed by atoms with Gasteiger partial charge in [-0.1, -0.05) is 12.1 Å². The molecular weight excluding hydrogens is 231 g/mol. The largest absolute Gasteiger partial charge is 0.279 e. The van der Waals surface area contributed by atoms with Gasteiger partial charge in [-0.3, -0.25) is 0 Å². The van der Waals surface area contributed by atoms with Gasteiger partial charge in [0.05, 0.1) is 0 Å². The summed E-state index contributed by atoms with van der Waals surface area (Å²) in [5, 5.41) is 0. The van der Waals surface area contributed by atoms with Gasteiger partial charge in [-0.15, -0.1) is 0 Å². The third-order valence-electron chi connectivity index (χ3n) is 2.36. The normalized spacial score (nSPS) is 16.3. The topological polar surface area (TPSA) is 49.2 Å². The van der Waals surface area contributed by atoms with E-state index >= 15 is 0 Å². The van der Waals surface area contributed by atoms with Crippen LogP contribution in [0.5, 0.6) is 0 Å². The Morgan fingerprint density at radius 2 is 1.88 bits per heavy atom. The van der Waals surface area contributed by atoms with Crippen LogP contribution in [0.15, 0.2) is 24.3 Å². The molecule has 0 aromatic heterocycles. The lowest BCUT2D eigenvalue weighted by Gasteiger charge is -2.06. The average Bonchev–Trinajstić information content (AvgIpc) is 3.04. The Morgan fingerprint density at radius 1 is 1.25 bits per heavy atom. The molecule has 1 saturated heterocycles. The van der Waals surface area contributed by atoms with Gasteiger partial charge in [0.25, 0.3) is 10.2 Å². The molecule has 2 rings (SSSR count). The summed E-state index contributed by atoms with van der Waals surface area (Å²) in [7, 11) is -3.26. The molecule has 0 aliphatic carbocycles. The number of halogens is 1. The monoisotopic (exact) mass is 244 g/mol. The molecule has 1 N–H and O–H groups in total. The van der Waals surface area contributed by atoms with Gasteiger partial charge in [0.1, 0.15) is 5.82 Å². The fourth-order valence-electron chi connectivity index (χ4n) is 1.35. The van der Waals surface area contributed by atoms with Crippen LogP contribution in [0.4, 0.5) is 4.39 Å². The predicted molar refractivity (Wildman–Crippen MR) is 58.6 cm³/mol. The van der Waals surface area contributed by atoms with E-state index in [9.17, 15) is 12.8 Å². The second-order valence-corrected chi connectivity index (χ2v) is 5.43. The van der Waals surface area contributed by atoms with Crippen LogP contribution in [-0.2, 0) is 16.6 Å². The minimum Gasteiger partial charge on any atom is -0.207 e. The summed E-state index contributed by atoms with van der Waals surface area (Å²) in [5.74, 6) is -0.284. The van der Waals surface area contributed by atoms with Gasteiger partial charge in [0, 0.05) is 19.6 Å². The summed E-state index contributed by atoms with van der Waals surface area (Å²) in [6.45, 7) is 1.54. The lowest BCUT2D eigenvalue weighted by atomic mass is 10.1. The van der Waals surface area contributed by atoms with Crippen molar-refractivity contribution in [3.63, 3.8) is 0 Å². The summed E-state index contributed by atoms with van der Waals surface area (Å²) in [6.07, 6.45) is 0.563. The molecule has 1 fully saturated rings. The number of nitrogens with one attached hydrogen (secondary N) is 1. The Balaban J connectivity index is 1.81. The zero-order chi connectivity index (χ0) is 11.6. The van der Waals surface area contributed by atoms with E-state index in [4.69, 9.17) is 0 Å². The number of nitrogens with zero attached hydrogens (tertiary/aromatic N) is 1. The molecule has 0 bridgehead atoms. The van der Waals surface area contributed by atoms with E-state index in [-0.39, 0.29) is 5.82 Å². The maximum absolute atomic E-state index is 12.6. The quantitative estimate of drug-likeness (QED) is 0.768. The van der Waals surface area contributed by atoms with Crippen molar-refractivity contribution in [1.29, 1.82) is 0 Å². The predicted octanol–water partition coefficient (Wildman–Crippen LogP) is 0.518. The van der Waals surface area contributed by atoms with Crippen molar-refractivity contribution < 1.29 is 12.8 Å². The molecule has 6 heteroatoms. The second-order valence-electron chi connectivity index (χ2n) is 3.67. The van der Waals surface area contributed by atoms with Crippen LogP contribution in [0.25, 0.3) is 0 Å². The number of rotatable bonds is 5. The third kappa shape index (κ3) is 3.01. The first-order valence-corrected chi connectivity index (χ1v) is 6.51. The lowest BCUT2D eigenvalue weighted by molar-refractivity contribution is 0.547. The Hall–Kier alpha value is -0.980. The van der Waals surface area contributed by atoms with Crippen molar-refractivity contribution in [2.24, 2.45) is 0 Å². The van der Waals surface area contributed by atoms with Crippen molar-refractivity contribution in [2.75, 3.05) is 19.6 Å². The molecule has 0 radical (unpaired) electrons. The first-order chi connectivity index (χ1) is 7.58. The molecule has 1 aliphatic heterocycles. The lowest BCUT2D eigenvalue weighted by Crippen LogP contribution is -2.31. The molecule has 88 valence electrons. The van der Waals surface area contributed by atoms with Gasteiger partial charge in [-0.05, 0) is 24.1 Å². The summed E-state index contributed by atoms with van der Waals surface area (Å²) in [5.41, 5.74) is 0.912. The van der Waals surface area contributed by atoms with E-state index in [2.05, 4.69) is 4.72 Å². The molecule has 1 aromatic carbocycles. The van der Waals surface area contributed by atoms with Crippen LogP contribution < -0.4 is 4.72 Å². The van der Waals surface area contributed by atoms with Gasteiger partial charge in [0.2, 0.25) is 0 Å². The fourth-order valence-corrected chi connectivity index (χ4v) is 2.45. The Morgan fingerprint density at radius 3 is 2.44 bits per heavy atom. The second kappa shape index (κ2) is 4.48. The molecule has 16 heavy (non-hydrogen) atoms. The Kier molecular flexibility index (Phi) is 3.22. The van der Waals surface area contributed by atoms with Crippen molar-refractivity contribution in [1.82, 2.24) is 9.03 Å². The van der Waals surface area contributed by atoms with Gasteiger partial charge >= 0.3 is 0 Å². The van der Waals surface area contributed by atoms with E-state index in [0.29, 0.717) is 26.1 Å². The average molecular weight is 244 g/mol. The molecule has 0 saturated carbocycles. The molecule has 0 atom stereocenters. The highest BCUT2D eigenvalue weighted by molar-refractivity contribution is 7.87. The molecule has 4 nitrogen and oxygen atoms in total. The van der Waals surface area contributed by atoms with E-state index in [1.165, 1.54) is 16.4 Å². The fraction of sp³-hybridized carbons (Fsp3) is 0.400. The zero-order valence-corrected chi connectivity index (χ0v) is 9.50. The molecule has 0 unspecified atom stereocenters. The van der Waals surface area contributed by atoms with Crippen LogP contribution in [0.1, 0.15) is 5.56 Å². The van der Waals surface area contributed by atoms with Gasteiger partial charge in [-0.2, -0.15) is 12.7 Å². The molecule has 1 aromatic rings. The minimum atomic E-state index is -3.26. The van der Waals surface area contributed by atoms with Crippen molar-refractivity contribution in [3.05, 3.63) is 35.6 Å². The summed E-state index contributed by atoms with van der Waals surface area (Å²) in [6, 6.07) is 6.05.